The van der Waals surface area contributed by atoms with Crippen LogP contribution in [0.4, 0.5) is 4.39 Å². The van der Waals surface area contributed by atoms with Crippen LogP contribution in [0.1, 0.15) is 18.2 Å². The molecule has 18 heavy (non-hydrogen) atoms. The summed E-state index contributed by atoms with van der Waals surface area (Å²) in [5.74, 6) is -0.193. The Bertz CT molecular complexity index is 546. The maximum Gasteiger partial charge on any atom is 0.131 e. The van der Waals surface area contributed by atoms with E-state index < -0.39 is 0 Å². The molecule has 0 aliphatic heterocycles. The lowest BCUT2D eigenvalue weighted by Crippen LogP contribution is -2.05. The molecule has 0 radical (unpaired) electrons. The fourth-order valence-corrected chi connectivity index (χ4v) is 2.12. The van der Waals surface area contributed by atoms with Crippen molar-refractivity contribution in [2.24, 2.45) is 0 Å². The lowest BCUT2D eigenvalue weighted by molar-refractivity contribution is 0.626. The van der Waals surface area contributed by atoms with Crippen LogP contribution < -0.4 is 5.32 Å². The van der Waals surface area contributed by atoms with E-state index in [2.05, 4.69) is 10.4 Å². The number of aryl methyl sites for hydroxylation is 1. The molecule has 0 saturated heterocycles. The molecule has 2 rings (SSSR count). The Morgan fingerprint density at radius 2 is 2.11 bits per heavy atom. The summed E-state index contributed by atoms with van der Waals surface area (Å²) in [5.41, 5.74) is 3.43. The highest BCUT2D eigenvalue weighted by Gasteiger charge is 2.12. The molecule has 96 valence electrons. The fraction of sp³-hybridized carbons (Fsp3) is 0.357. The van der Waals surface area contributed by atoms with E-state index in [-0.39, 0.29) is 5.82 Å². The van der Waals surface area contributed by atoms with E-state index in [1.807, 2.05) is 37.7 Å². The van der Waals surface area contributed by atoms with Crippen LogP contribution in [0.3, 0.4) is 0 Å². The van der Waals surface area contributed by atoms with E-state index in [1.54, 1.807) is 12.3 Å². The molecule has 0 aliphatic carbocycles. The predicted molar refractivity (Wildman–Crippen MR) is 70.8 cm³/mol. The molecule has 0 aliphatic rings. The quantitative estimate of drug-likeness (QED) is 0.900. The van der Waals surface area contributed by atoms with Crippen LogP contribution in [-0.4, -0.2) is 16.8 Å². The number of aromatic nitrogens is 2. The molecule has 1 N–H and O–H groups in total. The van der Waals surface area contributed by atoms with Gasteiger partial charge in [-0.05, 0) is 32.5 Å². The number of nitrogens with zero attached hydrogens (tertiary/aromatic N) is 2. The van der Waals surface area contributed by atoms with Crippen molar-refractivity contribution >= 4 is 0 Å². The Morgan fingerprint density at radius 1 is 1.33 bits per heavy atom. The summed E-state index contributed by atoms with van der Waals surface area (Å²) >= 11 is 0. The normalized spacial score (nSPS) is 10.9. The Morgan fingerprint density at radius 3 is 2.67 bits per heavy atom. The van der Waals surface area contributed by atoms with Gasteiger partial charge in [-0.15, -0.1) is 0 Å². The minimum atomic E-state index is -0.193. The molecule has 0 amide bonds. The summed E-state index contributed by atoms with van der Waals surface area (Å²) < 4.78 is 16.0. The lowest BCUT2D eigenvalue weighted by atomic mass is 10.0. The number of nitrogens with one attached hydrogen (secondary N) is 1. The molecule has 1 aromatic carbocycles. The van der Waals surface area contributed by atoms with Crippen LogP contribution in [0, 0.1) is 12.7 Å². The van der Waals surface area contributed by atoms with Gasteiger partial charge >= 0.3 is 0 Å². The molecule has 0 unspecified atom stereocenters. The second kappa shape index (κ2) is 5.31. The predicted octanol–water partition coefficient (Wildman–Crippen LogP) is 2.74. The van der Waals surface area contributed by atoms with Crippen LogP contribution in [0.25, 0.3) is 11.1 Å². The van der Waals surface area contributed by atoms with E-state index in [4.69, 9.17) is 0 Å². The van der Waals surface area contributed by atoms with Gasteiger partial charge in [-0.3, -0.25) is 4.68 Å². The van der Waals surface area contributed by atoms with Gasteiger partial charge in [0.2, 0.25) is 0 Å². The third-order valence-corrected chi connectivity index (χ3v) is 3.11. The van der Waals surface area contributed by atoms with Crippen molar-refractivity contribution in [2.75, 3.05) is 7.05 Å². The van der Waals surface area contributed by atoms with Crippen LogP contribution in [0.5, 0.6) is 0 Å². The van der Waals surface area contributed by atoms with Crippen molar-refractivity contribution in [3.05, 3.63) is 41.5 Å². The van der Waals surface area contributed by atoms with Crippen molar-refractivity contribution in [3.8, 4) is 11.1 Å². The molecular weight excluding hydrogens is 229 g/mol. The van der Waals surface area contributed by atoms with E-state index in [1.165, 1.54) is 0 Å². The first-order valence-corrected chi connectivity index (χ1v) is 6.13. The molecule has 0 atom stereocenters. The summed E-state index contributed by atoms with van der Waals surface area (Å²) in [7, 11) is 1.85. The summed E-state index contributed by atoms with van der Waals surface area (Å²) in [5, 5.41) is 7.26. The second-order valence-electron chi connectivity index (χ2n) is 4.30. The van der Waals surface area contributed by atoms with Gasteiger partial charge in [-0.2, -0.15) is 5.10 Å². The Balaban J connectivity index is 2.41. The van der Waals surface area contributed by atoms with Gasteiger partial charge in [-0.1, -0.05) is 12.1 Å². The molecule has 0 spiro atoms. The van der Waals surface area contributed by atoms with Crippen molar-refractivity contribution < 1.29 is 4.39 Å². The van der Waals surface area contributed by atoms with Gasteiger partial charge < -0.3 is 5.32 Å². The van der Waals surface area contributed by atoms with Crippen molar-refractivity contribution in [2.45, 2.75) is 26.9 Å². The second-order valence-corrected chi connectivity index (χ2v) is 4.30. The van der Waals surface area contributed by atoms with Gasteiger partial charge in [0, 0.05) is 29.9 Å². The van der Waals surface area contributed by atoms with Gasteiger partial charge in [0.05, 0.1) is 6.20 Å². The molecule has 0 fully saturated rings. The summed E-state index contributed by atoms with van der Waals surface area (Å²) in [6.45, 7) is 5.46. The first kappa shape index (κ1) is 12.8. The zero-order chi connectivity index (χ0) is 13.1. The molecule has 3 nitrogen and oxygen atoms in total. The SMILES string of the molecule is CCn1ncc(-c2ccc(CNC)cc2F)c1C. The van der Waals surface area contributed by atoms with Crippen molar-refractivity contribution in [3.63, 3.8) is 0 Å². The van der Waals surface area contributed by atoms with E-state index in [0.29, 0.717) is 12.1 Å². The van der Waals surface area contributed by atoms with Crippen molar-refractivity contribution in [1.29, 1.82) is 0 Å². The molecule has 4 heteroatoms. The van der Waals surface area contributed by atoms with E-state index in [0.717, 1.165) is 23.4 Å². The monoisotopic (exact) mass is 247 g/mol. The molecule has 1 heterocycles. The highest BCUT2D eigenvalue weighted by atomic mass is 19.1. The summed E-state index contributed by atoms with van der Waals surface area (Å²) in [4.78, 5) is 0. The number of benzene rings is 1. The third-order valence-electron chi connectivity index (χ3n) is 3.11. The number of hydrogen-bond acceptors (Lipinski definition) is 2. The smallest absolute Gasteiger partial charge is 0.131 e. The standard InChI is InChI=1S/C14H18FN3/c1-4-18-10(2)13(9-17-18)12-6-5-11(8-16-3)7-14(12)15/h5-7,9,16H,4,8H2,1-3H3. The maximum atomic E-state index is 14.1. The van der Waals surface area contributed by atoms with Crippen molar-refractivity contribution in [1.82, 2.24) is 15.1 Å². The molecule has 0 bridgehead atoms. The molecule has 0 saturated carbocycles. The third kappa shape index (κ3) is 2.29. The van der Waals surface area contributed by atoms with Crippen LogP contribution >= 0.6 is 0 Å². The highest BCUT2D eigenvalue weighted by molar-refractivity contribution is 5.66. The maximum absolute atomic E-state index is 14.1. The highest BCUT2D eigenvalue weighted by Crippen LogP contribution is 2.26. The fourth-order valence-electron chi connectivity index (χ4n) is 2.12. The summed E-state index contributed by atoms with van der Waals surface area (Å²) in [6.07, 6.45) is 1.73. The average molecular weight is 247 g/mol. The van der Waals surface area contributed by atoms with E-state index >= 15 is 0 Å². The number of rotatable bonds is 4. The average Bonchev–Trinajstić information content (AvgIpc) is 2.71. The molecular formula is C14H18FN3. The van der Waals surface area contributed by atoms with Gasteiger partial charge in [0.15, 0.2) is 0 Å². The van der Waals surface area contributed by atoms with Crippen LogP contribution in [-0.2, 0) is 13.1 Å². The van der Waals surface area contributed by atoms with Gasteiger partial charge in [0.25, 0.3) is 0 Å². The lowest BCUT2D eigenvalue weighted by Gasteiger charge is -2.06. The number of halogens is 1. The zero-order valence-corrected chi connectivity index (χ0v) is 11.0. The minimum absolute atomic E-state index is 0.193. The largest absolute Gasteiger partial charge is 0.316 e. The van der Waals surface area contributed by atoms with E-state index in [9.17, 15) is 4.39 Å². The minimum Gasteiger partial charge on any atom is -0.316 e. The Labute approximate surface area is 107 Å². The Hall–Kier alpha value is -1.68. The Kier molecular flexibility index (Phi) is 3.77. The van der Waals surface area contributed by atoms with Gasteiger partial charge in [0.1, 0.15) is 5.82 Å². The number of hydrogen-bond donors (Lipinski definition) is 1. The molecule has 2 aromatic rings. The first-order chi connectivity index (χ1) is 8.67. The van der Waals surface area contributed by atoms with Crippen LogP contribution in [0.15, 0.2) is 24.4 Å². The zero-order valence-electron chi connectivity index (χ0n) is 11.0. The van der Waals surface area contributed by atoms with Gasteiger partial charge in [-0.25, -0.2) is 4.39 Å². The van der Waals surface area contributed by atoms with Crippen LogP contribution in [0.2, 0.25) is 0 Å². The summed E-state index contributed by atoms with van der Waals surface area (Å²) in [6, 6.07) is 5.35. The topological polar surface area (TPSA) is 29.9 Å². The molecule has 1 aromatic heterocycles. The first-order valence-electron chi connectivity index (χ1n) is 6.13.